The Balaban J connectivity index is 2.12. The number of hydrogen-bond acceptors (Lipinski definition) is 4. The van der Waals surface area contributed by atoms with Gasteiger partial charge in [0.2, 0.25) is 0 Å². The number of aliphatic hydroxyl groups is 1. The predicted octanol–water partition coefficient (Wildman–Crippen LogP) is 1.84. The number of piperidine rings is 1. The smallest absolute Gasteiger partial charge is 0.0635 e. The number of aromatic nitrogens is 1. The molecule has 4 heteroatoms. The second-order valence-corrected chi connectivity index (χ2v) is 4.98. The Bertz CT molecular complexity index is 366. The standard InChI is InChI=1S/C14H23N3O/c1-2-13(15)14-7-6-11(9-16-14)17-8-4-3-5-12(17)10-18/h6-7,9,12-13,18H,2-5,8,10,15H2,1H3/t12?,13-/m1/s1. The molecule has 1 saturated heterocycles. The van der Waals surface area contributed by atoms with Gasteiger partial charge >= 0.3 is 0 Å². The predicted molar refractivity (Wildman–Crippen MR) is 73.5 cm³/mol. The third kappa shape index (κ3) is 2.82. The van der Waals surface area contributed by atoms with Crippen molar-refractivity contribution in [3.8, 4) is 0 Å². The first-order valence-electron chi connectivity index (χ1n) is 6.85. The monoisotopic (exact) mass is 249 g/mol. The lowest BCUT2D eigenvalue weighted by Crippen LogP contribution is -2.42. The fraction of sp³-hybridized carbons (Fsp3) is 0.643. The van der Waals surface area contributed by atoms with Gasteiger partial charge in [0.1, 0.15) is 0 Å². The van der Waals surface area contributed by atoms with Gasteiger partial charge in [0.05, 0.1) is 30.2 Å². The summed E-state index contributed by atoms with van der Waals surface area (Å²) < 4.78 is 0. The molecule has 3 N–H and O–H groups in total. The van der Waals surface area contributed by atoms with Crippen LogP contribution in [0.3, 0.4) is 0 Å². The molecule has 1 aliphatic heterocycles. The SMILES string of the molecule is CC[C@@H](N)c1ccc(N2CCCCC2CO)cn1. The van der Waals surface area contributed by atoms with Crippen molar-refractivity contribution in [2.24, 2.45) is 5.73 Å². The molecule has 1 aromatic rings. The maximum Gasteiger partial charge on any atom is 0.0635 e. The number of nitrogens with two attached hydrogens (primary N) is 1. The zero-order valence-corrected chi connectivity index (χ0v) is 11.0. The van der Waals surface area contributed by atoms with Crippen molar-refractivity contribution in [3.63, 3.8) is 0 Å². The molecule has 1 unspecified atom stereocenters. The average Bonchev–Trinajstić information content (AvgIpc) is 2.46. The maximum absolute atomic E-state index is 9.42. The van der Waals surface area contributed by atoms with Crippen LogP contribution in [0.15, 0.2) is 18.3 Å². The molecule has 1 aliphatic rings. The van der Waals surface area contributed by atoms with E-state index in [-0.39, 0.29) is 18.7 Å². The van der Waals surface area contributed by atoms with E-state index in [2.05, 4.69) is 22.9 Å². The molecule has 0 spiro atoms. The van der Waals surface area contributed by atoms with Crippen LogP contribution in [-0.2, 0) is 0 Å². The highest BCUT2D eigenvalue weighted by Gasteiger charge is 2.22. The molecule has 0 bridgehead atoms. The minimum atomic E-state index is 0.0223. The molecule has 2 rings (SSSR count). The highest BCUT2D eigenvalue weighted by atomic mass is 16.3. The van der Waals surface area contributed by atoms with Crippen LogP contribution < -0.4 is 10.6 Å². The Morgan fingerprint density at radius 3 is 2.94 bits per heavy atom. The largest absolute Gasteiger partial charge is 0.394 e. The second kappa shape index (κ2) is 6.16. The highest BCUT2D eigenvalue weighted by molar-refractivity contribution is 5.46. The topological polar surface area (TPSA) is 62.4 Å². The fourth-order valence-corrected chi connectivity index (χ4v) is 2.53. The second-order valence-electron chi connectivity index (χ2n) is 4.98. The van der Waals surface area contributed by atoms with Gasteiger partial charge in [-0.05, 0) is 37.8 Å². The van der Waals surface area contributed by atoms with E-state index in [1.807, 2.05) is 12.3 Å². The molecule has 0 aromatic carbocycles. The van der Waals surface area contributed by atoms with Crippen molar-refractivity contribution >= 4 is 5.69 Å². The van der Waals surface area contributed by atoms with E-state index >= 15 is 0 Å². The van der Waals surface area contributed by atoms with E-state index in [9.17, 15) is 5.11 Å². The van der Waals surface area contributed by atoms with Crippen LogP contribution in [0.5, 0.6) is 0 Å². The Morgan fingerprint density at radius 2 is 2.33 bits per heavy atom. The quantitative estimate of drug-likeness (QED) is 0.854. The molecule has 2 heterocycles. The van der Waals surface area contributed by atoms with Crippen LogP contribution in [0, 0.1) is 0 Å². The van der Waals surface area contributed by atoms with Crippen molar-refractivity contribution in [1.29, 1.82) is 0 Å². The summed E-state index contributed by atoms with van der Waals surface area (Å²) in [6.07, 6.45) is 6.24. The van der Waals surface area contributed by atoms with E-state index in [4.69, 9.17) is 5.73 Å². The highest BCUT2D eigenvalue weighted by Crippen LogP contribution is 2.24. The lowest BCUT2D eigenvalue weighted by atomic mass is 10.0. The Labute approximate surface area is 109 Å². The summed E-state index contributed by atoms with van der Waals surface area (Å²) in [6, 6.07) is 4.35. The minimum absolute atomic E-state index is 0.0223. The van der Waals surface area contributed by atoms with Crippen LogP contribution in [0.4, 0.5) is 5.69 Å². The van der Waals surface area contributed by atoms with Gasteiger partial charge in [0.25, 0.3) is 0 Å². The van der Waals surface area contributed by atoms with E-state index in [1.165, 1.54) is 12.8 Å². The molecule has 1 aromatic heterocycles. The first kappa shape index (κ1) is 13.3. The van der Waals surface area contributed by atoms with Crippen molar-refractivity contribution in [3.05, 3.63) is 24.0 Å². The van der Waals surface area contributed by atoms with Crippen LogP contribution in [0.25, 0.3) is 0 Å². The molecule has 18 heavy (non-hydrogen) atoms. The molecular formula is C14H23N3O. The lowest BCUT2D eigenvalue weighted by Gasteiger charge is -2.36. The number of pyridine rings is 1. The number of rotatable bonds is 4. The molecule has 0 saturated carbocycles. The summed E-state index contributed by atoms with van der Waals surface area (Å²) in [4.78, 5) is 6.71. The van der Waals surface area contributed by atoms with Crippen molar-refractivity contribution in [1.82, 2.24) is 4.98 Å². The van der Waals surface area contributed by atoms with Gasteiger partial charge in [-0.15, -0.1) is 0 Å². The van der Waals surface area contributed by atoms with Crippen LogP contribution in [0.2, 0.25) is 0 Å². The van der Waals surface area contributed by atoms with Gasteiger partial charge < -0.3 is 15.7 Å². The fourth-order valence-electron chi connectivity index (χ4n) is 2.53. The van der Waals surface area contributed by atoms with Crippen molar-refractivity contribution < 1.29 is 5.11 Å². The molecule has 1 fully saturated rings. The normalized spacial score (nSPS) is 21.9. The number of nitrogens with zero attached hydrogens (tertiary/aromatic N) is 2. The zero-order chi connectivity index (χ0) is 13.0. The van der Waals surface area contributed by atoms with Gasteiger partial charge in [-0.2, -0.15) is 0 Å². The van der Waals surface area contributed by atoms with Crippen LogP contribution in [-0.4, -0.2) is 29.3 Å². The van der Waals surface area contributed by atoms with Gasteiger partial charge in [-0.1, -0.05) is 6.92 Å². The molecule has 2 atom stereocenters. The van der Waals surface area contributed by atoms with Gasteiger partial charge in [0, 0.05) is 12.6 Å². The average molecular weight is 249 g/mol. The minimum Gasteiger partial charge on any atom is -0.394 e. The van der Waals surface area contributed by atoms with E-state index in [0.717, 1.165) is 30.8 Å². The molecule has 0 radical (unpaired) electrons. The summed E-state index contributed by atoms with van der Waals surface area (Å²) in [6.45, 7) is 3.29. The Kier molecular flexibility index (Phi) is 4.55. The third-order valence-corrected chi connectivity index (χ3v) is 3.76. The molecule has 4 nitrogen and oxygen atoms in total. The van der Waals surface area contributed by atoms with E-state index in [0.29, 0.717) is 0 Å². The Hall–Kier alpha value is -1.13. The number of aliphatic hydroxyl groups excluding tert-OH is 1. The first-order chi connectivity index (χ1) is 8.76. The van der Waals surface area contributed by atoms with E-state index in [1.54, 1.807) is 0 Å². The summed E-state index contributed by atoms with van der Waals surface area (Å²) >= 11 is 0. The van der Waals surface area contributed by atoms with Gasteiger partial charge in [-0.3, -0.25) is 4.98 Å². The summed E-state index contributed by atoms with van der Waals surface area (Å²) in [5.41, 5.74) is 8.00. The Morgan fingerprint density at radius 1 is 1.50 bits per heavy atom. The summed E-state index contributed by atoms with van der Waals surface area (Å²) in [5.74, 6) is 0. The van der Waals surface area contributed by atoms with Gasteiger partial charge in [0.15, 0.2) is 0 Å². The number of hydrogen-bond donors (Lipinski definition) is 2. The summed E-state index contributed by atoms with van der Waals surface area (Å²) in [5, 5.41) is 9.42. The van der Waals surface area contributed by atoms with Crippen LogP contribution in [0.1, 0.15) is 44.3 Å². The zero-order valence-electron chi connectivity index (χ0n) is 11.0. The molecular weight excluding hydrogens is 226 g/mol. The molecule has 0 amide bonds. The van der Waals surface area contributed by atoms with Crippen molar-refractivity contribution in [2.45, 2.75) is 44.7 Å². The summed E-state index contributed by atoms with van der Waals surface area (Å²) in [7, 11) is 0. The van der Waals surface area contributed by atoms with Gasteiger partial charge in [-0.25, -0.2) is 0 Å². The van der Waals surface area contributed by atoms with Crippen molar-refractivity contribution in [2.75, 3.05) is 18.1 Å². The molecule has 0 aliphatic carbocycles. The van der Waals surface area contributed by atoms with E-state index < -0.39 is 0 Å². The van der Waals surface area contributed by atoms with Crippen LogP contribution >= 0.6 is 0 Å². The third-order valence-electron chi connectivity index (χ3n) is 3.76. The number of anilines is 1. The first-order valence-corrected chi connectivity index (χ1v) is 6.85. The lowest BCUT2D eigenvalue weighted by molar-refractivity contribution is 0.240. The molecule has 100 valence electrons. The maximum atomic E-state index is 9.42.